The minimum atomic E-state index is -1.04. The van der Waals surface area contributed by atoms with Gasteiger partial charge in [-0.2, -0.15) is 0 Å². The molecule has 0 amide bonds. The van der Waals surface area contributed by atoms with E-state index in [-0.39, 0.29) is 11.8 Å². The Bertz CT molecular complexity index is 137. The van der Waals surface area contributed by atoms with Gasteiger partial charge in [0.2, 0.25) is 0 Å². The molecule has 0 spiro atoms. The summed E-state index contributed by atoms with van der Waals surface area (Å²) in [6, 6.07) is 0. The maximum atomic E-state index is 14.4. The van der Waals surface area contributed by atoms with Crippen LogP contribution in [0.25, 0.3) is 0 Å². The predicted molar refractivity (Wildman–Crippen MR) is 57.5 cm³/mol. The fourth-order valence-corrected chi connectivity index (χ4v) is 2.46. The van der Waals surface area contributed by atoms with E-state index in [1.807, 2.05) is 13.8 Å². The molecule has 0 saturated heterocycles. The lowest BCUT2D eigenvalue weighted by molar-refractivity contribution is -0.00115. The highest BCUT2D eigenvalue weighted by Gasteiger charge is 2.40. The molecule has 0 nitrogen and oxygen atoms in total. The van der Waals surface area contributed by atoms with Gasteiger partial charge in [0.15, 0.2) is 0 Å². The molecule has 0 saturated carbocycles. The monoisotopic (exact) mass is 188 g/mol. The molecule has 0 fully saturated rings. The number of alkyl halides is 1. The summed E-state index contributed by atoms with van der Waals surface area (Å²) >= 11 is 0. The van der Waals surface area contributed by atoms with Crippen molar-refractivity contribution >= 4 is 0 Å². The van der Waals surface area contributed by atoms with E-state index in [9.17, 15) is 4.39 Å². The molecular weight excluding hydrogens is 163 g/mol. The van der Waals surface area contributed by atoms with E-state index in [4.69, 9.17) is 0 Å². The molecule has 0 aromatic heterocycles. The zero-order valence-corrected chi connectivity index (χ0v) is 10.2. The fraction of sp³-hybridized carbons (Fsp3) is 1.00. The fourth-order valence-electron chi connectivity index (χ4n) is 2.46. The van der Waals surface area contributed by atoms with Crippen LogP contribution in [0, 0.1) is 23.7 Å². The Kier molecular flexibility index (Phi) is 4.41. The van der Waals surface area contributed by atoms with Crippen LogP contribution in [0.1, 0.15) is 48.5 Å². The first-order valence-corrected chi connectivity index (χ1v) is 5.40. The van der Waals surface area contributed by atoms with Gasteiger partial charge in [-0.1, -0.05) is 41.5 Å². The van der Waals surface area contributed by atoms with Gasteiger partial charge < -0.3 is 0 Å². The first-order chi connectivity index (χ1) is 5.71. The molecule has 0 rings (SSSR count). The van der Waals surface area contributed by atoms with Gasteiger partial charge in [-0.25, -0.2) is 4.39 Å². The number of halogens is 1. The van der Waals surface area contributed by atoms with Crippen LogP contribution >= 0.6 is 0 Å². The lowest BCUT2D eigenvalue weighted by atomic mass is 9.70. The summed E-state index contributed by atoms with van der Waals surface area (Å²) in [7, 11) is 0. The molecule has 0 radical (unpaired) electrons. The lowest BCUT2D eigenvalue weighted by Gasteiger charge is -2.39. The maximum absolute atomic E-state index is 14.4. The summed E-state index contributed by atoms with van der Waals surface area (Å²) in [6.45, 7) is 14.2. The average molecular weight is 188 g/mol. The maximum Gasteiger partial charge on any atom is 0.113 e. The highest BCUT2D eigenvalue weighted by Crippen LogP contribution is 2.39. The SMILES string of the molecule is CC(C)C(C(C)C)C(C)(F)C(C)C. The normalized spacial score (nSPS) is 17.5. The third kappa shape index (κ3) is 2.96. The third-order valence-corrected chi connectivity index (χ3v) is 3.22. The van der Waals surface area contributed by atoms with Crippen LogP contribution in [-0.4, -0.2) is 5.67 Å². The van der Waals surface area contributed by atoms with Crippen LogP contribution in [0.4, 0.5) is 4.39 Å². The summed E-state index contributed by atoms with van der Waals surface area (Å²) in [4.78, 5) is 0. The molecule has 0 aromatic carbocycles. The van der Waals surface area contributed by atoms with Crippen LogP contribution < -0.4 is 0 Å². The van der Waals surface area contributed by atoms with Crippen molar-refractivity contribution in [2.75, 3.05) is 0 Å². The summed E-state index contributed by atoms with van der Waals surface area (Å²) in [5, 5.41) is 0. The van der Waals surface area contributed by atoms with Crippen LogP contribution in [0.15, 0.2) is 0 Å². The lowest BCUT2D eigenvalue weighted by Crippen LogP contribution is -2.41. The Morgan fingerprint density at radius 1 is 0.846 bits per heavy atom. The second-order valence-electron chi connectivity index (χ2n) is 5.32. The average Bonchev–Trinajstić information content (AvgIpc) is 1.82. The molecule has 0 aliphatic rings. The van der Waals surface area contributed by atoms with Crippen molar-refractivity contribution in [3.8, 4) is 0 Å². The van der Waals surface area contributed by atoms with Crippen LogP contribution in [-0.2, 0) is 0 Å². The molecule has 1 unspecified atom stereocenters. The Morgan fingerprint density at radius 2 is 1.15 bits per heavy atom. The first-order valence-electron chi connectivity index (χ1n) is 5.40. The second-order valence-corrected chi connectivity index (χ2v) is 5.32. The quantitative estimate of drug-likeness (QED) is 0.617. The van der Waals surface area contributed by atoms with Gasteiger partial charge in [-0.05, 0) is 30.6 Å². The Balaban J connectivity index is 4.73. The molecule has 0 bridgehead atoms. The standard InChI is InChI=1S/C12H25F/c1-8(2)11(9(3)4)12(7,13)10(5)6/h8-11H,1-7H3. The van der Waals surface area contributed by atoms with Crippen LogP contribution in [0.5, 0.6) is 0 Å². The Morgan fingerprint density at radius 3 is 1.23 bits per heavy atom. The van der Waals surface area contributed by atoms with Crippen molar-refractivity contribution in [2.45, 2.75) is 54.1 Å². The van der Waals surface area contributed by atoms with Crippen LogP contribution in [0.2, 0.25) is 0 Å². The van der Waals surface area contributed by atoms with E-state index in [2.05, 4.69) is 27.7 Å². The van der Waals surface area contributed by atoms with Gasteiger partial charge >= 0.3 is 0 Å². The second kappa shape index (κ2) is 4.43. The molecule has 1 heteroatoms. The van der Waals surface area contributed by atoms with Crippen molar-refractivity contribution in [3.05, 3.63) is 0 Å². The van der Waals surface area contributed by atoms with E-state index in [0.29, 0.717) is 11.8 Å². The van der Waals surface area contributed by atoms with Crippen LogP contribution in [0.3, 0.4) is 0 Å². The summed E-state index contributed by atoms with van der Waals surface area (Å²) in [5.74, 6) is 1.09. The van der Waals surface area contributed by atoms with Crippen molar-refractivity contribution in [3.63, 3.8) is 0 Å². The summed E-state index contributed by atoms with van der Waals surface area (Å²) in [6.07, 6.45) is 0. The van der Waals surface area contributed by atoms with E-state index in [1.165, 1.54) is 0 Å². The van der Waals surface area contributed by atoms with Gasteiger partial charge in [0, 0.05) is 0 Å². The van der Waals surface area contributed by atoms with E-state index in [1.54, 1.807) is 6.92 Å². The van der Waals surface area contributed by atoms with Gasteiger partial charge in [0.1, 0.15) is 5.67 Å². The van der Waals surface area contributed by atoms with E-state index >= 15 is 0 Å². The number of rotatable bonds is 4. The van der Waals surface area contributed by atoms with Crippen molar-refractivity contribution < 1.29 is 4.39 Å². The number of hydrogen-bond acceptors (Lipinski definition) is 0. The zero-order valence-electron chi connectivity index (χ0n) is 10.2. The molecule has 80 valence electrons. The highest BCUT2D eigenvalue weighted by atomic mass is 19.1. The molecular formula is C12H25F. The molecule has 13 heavy (non-hydrogen) atoms. The molecule has 1 atom stereocenters. The van der Waals surface area contributed by atoms with Gasteiger partial charge in [0.05, 0.1) is 0 Å². The molecule has 0 aliphatic heterocycles. The summed E-state index contributed by atoms with van der Waals surface area (Å²) < 4.78 is 14.4. The van der Waals surface area contributed by atoms with Gasteiger partial charge in [-0.15, -0.1) is 0 Å². The minimum Gasteiger partial charge on any atom is -0.244 e. The predicted octanol–water partition coefficient (Wildman–Crippen LogP) is 4.30. The van der Waals surface area contributed by atoms with E-state index < -0.39 is 5.67 Å². The van der Waals surface area contributed by atoms with Gasteiger partial charge in [0.25, 0.3) is 0 Å². The van der Waals surface area contributed by atoms with Crippen molar-refractivity contribution in [1.29, 1.82) is 0 Å². The number of hydrogen-bond donors (Lipinski definition) is 0. The van der Waals surface area contributed by atoms with Crippen molar-refractivity contribution in [1.82, 2.24) is 0 Å². The molecule has 0 N–H and O–H groups in total. The third-order valence-electron chi connectivity index (χ3n) is 3.22. The molecule has 0 heterocycles. The smallest absolute Gasteiger partial charge is 0.113 e. The zero-order chi connectivity index (χ0) is 10.8. The molecule has 0 aliphatic carbocycles. The largest absolute Gasteiger partial charge is 0.244 e. The van der Waals surface area contributed by atoms with Crippen molar-refractivity contribution in [2.24, 2.45) is 23.7 Å². The Labute approximate surface area is 82.9 Å². The topological polar surface area (TPSA) is 0 Å². The van der Waals surface area contributed by atoms with E-state index in [0.717, 1.165) is 0 Å². The van der Waals surface area contributed by atoms with Gasteiger partial charge in [-0.3, -0.25) is 0 Å². The summed E-state index contributed by atoms with van der Waals surface area (Å²) in [5.41, 5.74) is -1.04. The molecule has 0 aromatic rings. The first kappa shape index (κ1) is 12.9. The highest BCUT2D eigenvalue weighted by molar-refractivity contribution is 4.88. The minimum absolute atomic E-state index is 0.0994. The Hall–Kier alpha value is -0.0700.